The van der Waals surface area contributed by atoms with Crippen molar-refractivity contribution in [2.75, 3.05) is 0 Å². The maximum absolute atomic E-state index is 11.2. The third kappa shape index (κ3) is 2.71. The predicted molar refractivity (Wildman–Crippen MR) is 84.8 cm³/mol. The summed E-state index contributed by atoms with van der Waals surface area (Å²) < 4.78 is 2.48. The largest absolute Gasteiger partial charge is 0.478 e. The molecule has 20 heavy (non-hydrogen) atoms. The quantitative estimate of drug-likeness (QED) is 0.697. The first-order chi connectivity index (χ1) is 9.74. The van der Waals surface area contributed by atoms with Crippen LogP contribution in [0.3, 0.4) is 0 Å². The zero-order valence-corrected chi connectivity index (χ0v) is 12.2. The molecule has 3 rings (SSSR count). The van der Waals surface area contributed by atoms with Gasteiger partial charge in [0.2, 0.25) is 0 Å². The molecule has 0 unspecified atom stereocenters. The van der Waals surface area contributed by atoms with E-state index in [1.54, 1.807) is 35.2 Å². The fourth-order valence-electron chi connectivity index (χ4n) is 2.03. The lowest BCUT2D eigenvalue weighted by Crippen LogP contribution is -2.00. The highest BCUT2D eigenvalue weighted by atomic mass is 32.2. The van der Waals surface area contributed by atoms with Gasteiger partial charge < -0.3 is 5.11 Å². The molecule has 0 aliphatic rings. The van der Waals surface area contributed by atoms with Crippen LogP contribution in [0.1, 0.15) is 15.9 Å². The van der Waals surface area contributed by atoms with E-state index in [0.29, 0.717) is 11.3 Å². The minimum Gasteiger partial charge on any atom is -0.478 e. The SMILES string of the molecule is O=C(O)c1ccccc1CSc1cc2ccccc2s1. The van der Waals surface area contributed by atoms with Crippen LogP contribution in [-0.4, -0.2) is 11.1 Å². The van der Waals surface area contributed by atoms with Crippen LogP contribution in [0.5, 0.6) is 0 Å². The van der Waals surface area contributed by atoms with Gasteiger partial charge in [-0.05, 0) is 29.1 Å². The van der Waals surface area contributed by atoms with Gasteiger partial charge in [0.1, 0.15) is 0 Å². The van der Waals surface area contributed by atoms with E-state index in [4.69, 9.17) is 0 Å². The van der Waals surface area contributed by atoms with Gasteiger partial charge in [-0.15, -0.1) is 23.1 Å². The fourth-order valence-corrected chi connectivity index (χ4v) is 4.27. The van der Waals surface area contributed by atoms with Crippen LogP contribution in [0.2, 0.25) is 0 Å². The van der Waals surface area contributed by atoms with Crippen molar-refractivity contribution in [1.29, 1.82) is 0 Å². The number of benzene rings is 2. The molecular formula is C16H12O2S2. The van der Waals surface area contributed by atoms with E-state index < -0.39 is 5.97 Å². The van der Waals surface area contributed by atoms with Crippen LogP contribution in [0, 0.1) is 0 Å². The van der Waals surface area contributed by atoms with E-state index >= 15 is 0 Å². The Hall–Kier alpha value is -1.78. The fraction of sp³-hybridized carbons (Fsp3) is 0.0625. The number of carbonyl (C=O) groups is 1. The molecule has 1 aromatic heterocycles. The van der Waals surface area contributed by atoms with Crippen molar-refractivity contribution in [2.24, 2.45) is 0 Å². The summed E-state index contributed by atoms with van der Waals surface area (Å²) in [5.41, 5.74) is 1.25. The molecule has 2 nitrogen and oxygen atoms in total. The van der Waals surface area contributed by atoms with Gasteiger partial charge in [-0.2, -0.15) is 0 Å². The van der Waals surface area contributed by atoms with E-state index in [9.17, 15) is 9.90 Å². The number of hydrogen-bond acceptors (Lipinski definition) is 3. The first kappa shape index (κ1) is 13.2. The third-order valence-corrected chi connectivity index (χ3v) is 5.39. The van der Waals surface area contributed by atoms with Crippen molar-refractivity contribution in [3.63, 3.8) is 0 Å². The van der Waals surface area contributed by atoms with Gasteiger partial charge in [-0.1, -0.05) is 36.4 Å². The van der Waals surface area contributed by atoms with Gasteiger partial charge in [-0.25, -0.2) is 4.79 Å². The van der Waals surface area contributed by atoms with Gasteiger partial charge in [0.15, 0.2) is 0 Å². The summed E-state index contributed by atoms with van der Waals surface area (Å²) in [7, 11) is 0. The molecule has 4 heteroatoms. The standard InChI is InChI=1S/C16H12O2S2/c17-16(18)13-7-3-1-6-12(13)10-19-15-9-11-5-2-4-8-14(11)20-15/h1-9H,10H2,(H,17,18). The van der Waals surface area contributed by atoms with Gasteiger partial charge in [0, 0.05) is 10.5 Å². The minimum atomic E-state index is -0.863. The minimum absolute atomic E-state index is 0.390. The molecule has 0 saturated carbocycles. The highest BCUT2D eigenvalue weighted by Crippen LogP contribution is 2.34. The molecule has 0 atom stereocenters. The molecule has 1 N–H and O–H groups in total. The maximum atomic E-state index is 11.2. The molecule has 0 radical (unpaired) electrons. The molecule has 0 aliphatic heterocycles. The maximum Gasteiger partial charge on any atom is 0.335 e. The predicted octanol–water partition coefficient (Wildman–Crippen LogP) is 4.89. The van der Waals surface area contributed by atoms with Crippen molar-refractivity contribution < 1.29 is 9.90 Å². The topological polar surface area (TPSA) is 37.3 Å². The molecule has 3 aromatic rings. The average molecular weight is 300 g/mol. The van der Waals surface area contributed by atoms with Crippen molar-refractivity contribution in [3.05, 3.63) is 65.7 Å². The Morgan fingerprint density at radius 3 is 2.65 bits per heavy atom. The summed E-state index contributed by atoms with van der Waals surface area (Å²) >= 11 is 3.43. The summed E-state index contributed by atoms with van der Waals surface area (Å²) in [6.07, 6.45) is 0. The van der Waals surface area contributed by atoms with Crippen LogP contribution < -0.4 is 0 Å². The van der Waals surface area contributed by atoms with Crippen molar-refractivity contribution in [3.8, 4) is 0 Å². The van der Waals surface area contributed by atoms with Gasteiger partial charge in [-0.3, -0.25) is 0 Å². The lowest BCUT2D eigenvalue weighted by atomic mass is 10.1. The summed E-state index contributed by atoms with van der Waals surface area (Å²) in [6, 6.07) is 17.6. The van der Waals surface area contributed by atoms with E-state index in [1.165, 1.54) is 14.3 Å². The number of thiophene rings is 1. The van der Waals surface area contributed by atoms with Crippen LogP contribution in [-0.2, 0) is 5.75 Å². The molecule has 1 heterocycles. The number of aromatic carboxylic acids is 1. The first-order valence-corrected chi connectivity index (χ1v) is 7.97. The van der Waals surface area contributed by atoms with Gasteiger partial charge in [0.25, 0.3) is 0 Å². The molecule has 0 spiro atoms. The second-order valence-electron chi connectivity index (χ2n) is 4.35. The summed E-state index contributed by atoms with van der Waals surface area (Å²) in [5, 5.41) is 10.4. The summed E-state index contributed by atoms with van der Waals surface area (Å²) in [4.78, 5) is 11.2. The smallest absolute Gasteiger partial charge is 0.335 e. The monoisotopic (exact) mass is 300 g/mol. The average Bonchev–Trinajstić information content (AvgIpc) is 2.88. The number of hydrogen-bond donors (Lipinski definition) is 1. The zero-order chi connectivity index (χ0) is 13.9. The number of thioether (sulfide) groups is 1. The Morgan fingerprint density at radius 2 is 1.85 bits per heavy atom. The number of carboxylic acids is 1. The second kappa shape index (κ2) is 5.69. The van der Waals surface area contributed by atoms with E-state index in [2.05, 4.69) is 18.2 Å². The first-order valence-electron chi connectivity index (χ1n) is 6.16. The highest BCUT2D eigenvalue weighted by Gasteiger charge is 2.10. The summed E-state index contributed by atoms with van der Waals surface area (Å²) in [5.74, 6) is -0.188. The number of fused-ring (bicyclic) bond motifs is 1. The highest BCUT2D eigenvalue weighted by molar-refractivity contribution is 8.00. The van der Waals surface area contributed by atoms with Crippen molar-refractivity contribution in [2.45, 2.75) is 9.96 Å². The van der Waals surface area contributed by atoms with Crippen LogP contribution in [0.4, 0.5) is 0 Å². The number of rotatable bonds is 4. The van der Waals surface area contributed by atoms with Crippen molar-refractivity contribution >= 4 is 39.2 Å². The van der Waals surface area contributed by atoms with Crippen LogP contribution in [0.25, 0.3) is 10.1 Å². The van der Waals surface area contributed by atoms with E-state index in [1.807, 2.05) is 24.3 Å². The lowest BCUT2D eigenvalue weighted by molar-refractivity contribution is 0.0696. The Bertz CT molecular complexity index is 729. The van der Waals surface area contributed by atoms with Crippen LogP contribution >= 0.6 is 23.1 Å². The molecule has 0 bridgehead atoms. The van der Waals surface area contributed by atoms with Crippen molar-refractivity contribution in [1.82, 2.24) is 0 Å². The summed E-state index contributed by atoms with van der Waals surface area (Å²) in [6.45, 7) is 0. The Balaban J connectivity index is 1.81. The van der Waals surface area contributed by atoms with Gasteiger partial charge in [0.05, 0.1) is 9.77 Å². The second-order valence-corrected chi connectivity index (χ2v) is 6.71. The zero-order valence-electron chi connectivity index (χ0n) is 10.6. The third-order valence-electron chi connectivity index (χ3n) is 3.02. The molecule has 0 saturated heterocycles. The van der Waals surface area contributed by atoms with Crippen LogP contribution in [0.15, 0.2) is 58.8 Å². The van der Waals surface area contributed by atoms with Gasteiger partial charge >= 0.3 is 5.97 Å². The number of carboxylic acid groups (broad SMARTS) is 1. The Labute approximate surface area is 125 Å². The Morgan fingerprint density at radius 1 is 1.10 bits per heavy atom. The molecular weight excluding hydrogens is 288 g/mol. The molecule has 0 fully saturated rings. The normalized spacial score (nSPS) is 10.8. The van der Waals surface area contributed by atoms with E-state index in [-0.39, 0.29) is 0 Å². The van der Waals surface area contributed by atoms with E-state index in [0.717, 1.165) is 5.56 Å². The lowest BCUT2D eigenvalue weighted by Gasteiger charge is -2.04. The Kier molecular flexibility index (Phi) is 3.76. The molecule has 100 valence electrons. The molecule has 0 aliphatic carbocycles. The molecule has 0 amide bonds. The molecule has 2 aromatic carbocycles.